The van der Waals surface area contributed by atoms with Crippen LogP contribution in [0.3, 0.4) is 0 Å². The second-order valence-corrected chi connectivity index (χ2v) is 7.49. The third-order valence-corrected chi connectivity index (χ3v) is 5.79. The van der Waals surface area contributed by atoms with Crippen LogP contribution in [0.15, 0.2) is 29.2 Å². The highest BCUT2D eigenvalue weighted by molar-refractivity contribution is 8.01. The van der Waals surface area contributed by atoms with Crippen molar-refractivity contribution in [3.8, 4) is 0 Å². The molecule has 7 heteroatoms. The van der Waals surface area contributed by atoms with Crippen molar-refractivity contribution < 1.29 is 19.5 Å². The van der Waals surface area contributed by atoms with Crippen molar-refractivity contribution in [2.75, 3.05) is 5.32 Å². The van der Waals surface area contributed by atoms with E-state index in [4.69, 9.17) is 5.11 Å². The van der Waals surface area contributed by atoms with E-state index in [2.05, 4.69) is 10.6 Å². The number of thioether (sulfide) groups is 1. The van der Waals surface area contributed by atoms with Crippen LogP contribution in [0.4, 0.5) is 5.69 Å². The van der Waals surface area contributed by atoms with Gasteiger partial charge in [0, 0.05) is 17.4 Å². The van der Waals surface area contributed by atoms with E-state index in [0.29, 0.717) is 25.7 Å². The molecule has 3 N–H and O–H groups in total. The molecule has 0 unspecified atom stereocenters. The Morgan fingerprint density at radius 3 is 2.62 bits per heavy atom. The highest BCUT2D eigenvalue weighted by Crippen LogP contribution is 2.36. The standard InChI is InChI=1S/C17H20N2O4S/c20-15(18-11-7-5-10(6-8-11)17(22)23)9-14-16(21)19-12-3-1-2-4-13(12)24-14/h1-4,10-11,14H,5-9H2,(H,18,20)(H,19,21)(H,22,23)/t10?,11?,14-/m1/s1. The van der Waals surface area contributed by atoms with Crippen molar-refractivity contribution in [1.29, 1.82) is 0 Å². The fourth-order valence-corrected chi connectivity index (χ4v) is 4.28. The minimum Gasteiger partial charge on any atom is -0.481 e. The van der Waals surface area contributed by atoms with Crippen LogP contribution in [0.5, 0.6) is 0 Å². The molecule has 128 valence electrons. The van der Waals surface area contributed by atoms with Crippen molar-refractivity contribution in [1.82, 2.24) is 5.32 Å². The molecule has 6 nitrogen and oxygen atoms in total. The molecule has 1 aromatic rings. The Kier molecular flexibility index (Phi) is 5.08. The molecule has 2 aliphatic rings. The minimum atomic E-state index is -0.756. The maximum Gasteiger partial charge on any atom is 0.306 e. The van der Waals surface area contributed by atoms with Crippen LogP contribution in [0.25, 0.3) is 0 Å². The van der Waals surface area contributed by atoms with Crippen LogP contribution in [0.1, 0.15) is 32.1 Å². The molecule has 1 aliphatic carbocycles. The lowest BCUT2D eigenvalue weighted by molar-refractivity contribution is -0.142. The fraction of sp³-hybridized carbons (Fsp3) is 0.471. The summed E-state index contributed by atoms with van der Waals surface area (Å²) >= 11 is 1.41. The highest BCUT2D eigenvalue weighted by Gasteiger charge is 2.31. The molecule has 3 rings (SSSR count). The number of carbonyl (C=O) groups is 3. The third kappa shape index (κ3) is 3.90. The predicted molar refractivity (Wildman–Crippen MR) is 90.9 cm³/mol. The molecule has 1 aliphatic heterocycles. The molecule has 1 heterocycles. The van der Waals surface area contributed by atoms with Gasteiger partial charge in [-0.2, -0.15) is 0 Å². The Balaban J connectivity index is 1.51. The van der Waals surface area contributed by atoms with Gasteiger partial charge in [-0.15, -0.1) is 11.8 Å². The van der Waals surface area contributed by atoms with Gasteiger partial charge in [-0.25, -0.2) is 0 Å². The lowest BCUT2D eigenvalue weighted by Crippen LogP contribution is -2.41. The molecular formula is C17H20N2O4S. The normalized spacial score (nSPS) is 26.2. The fourth-order valence-electron chi connectivity index (χ4n) is 3.17. The van der Waals surface area contributed by atoms with Crippen molar-refractivity contribution in [2.45, 2.75) is 48.3 Å². The van der Waals surface area contributed by atoms with Crippen LogP contribution in [0.2, 0.25) is 0 Å². The summed E-state index contributed by atoms with van der Waals surface area (Å²) in [7, 11) is 0. The molecule has 0 bridgehead atoms. The first-order valence-corrected chi connectivity index (χ1v) is 8.99. The van der Waals surface area contributed by atoms with E-state index in [1.54, 1.807) is 0 Å². The number of nitrogens with one attached hydrogen (secondary N) is 2. The number of benzene rings is 1. The van der Waals surface area contributed by atoms with Gasteiger partial charge < -0.3 is 15.7 Å². The van der Waals surface area contributed by atoms with Crippen molar-refractivity contribution in [3.63, 3.8) is 0 Å². The Morgan fingerprint density at radius 2 is 1.92 bits per heavy atom. The molecule has 0 aromatic heterocycles. The molecule has 1 fully saturated rings. The van der Waals surface area contributed by atoms with Gasteiger partial charge in [0.25, 0.3) is 0 Å². The van der Waals surface area contributed by atoms with Gasteiger partial charge in [0.15, 0.2) is 0 Å². The molecular weight excluding hydrogens is 328 g/mol. The zero-order valence-electron chi connectivity index (χ0n) is 13.2. The van der Waals surface area contributed by atoms with Crippen LogP contribution in [0, 0.1) is 5.92 Å². The average molecular weight is 348 g/mol. The molecule has 1 aromatic carbocycles. The molecule has 0 spiro atoms. The second-order valence-electron chi connectivity index (χ2n) is 6.25. The predicted octanol–water partition coefficient (Wildman–Crippen LogP) is 2.25. The summed E-state index contributed by atoms with van der Waals surface area (Å²) in [6, 6.07) is 7.55. The number of carbonyl (C=O) groups excluding carboxylic acids is 2. The summed E-state index contributed by atoms with van der Waals surface area (Å²) in [5.74, 6) is -1.35. The number of hydrogen-bond acceptors (Lipinski definition) is 4. The summed E-state index contributed by atoms with van der Waals surface area (Å²) in [5, 5.41) is 14.3. The topological polar surface area (TPSA) is 95.5 Å². The smallest absolute Gasteiger partial charge is 0.306 e. The summed E-state index contributed by atoms with van der Waals surface area (Å²) in [6.07, 6.45) is 2.66. The summed E-state index contributed by atoms with van der Waals surface area (Å²) < 4.78 is 0. The lowest BCUT2D eigenvalue weighted by Gasteiger charge is -2.28. The highest BCUT2D eigenvalue weighted by atomic mass is 32.2. The number of amides is 2. The Labute approximate surface area is 144 Å². The van der Waals surface area contributed by atoms with E-state index >= 15 is 0 Å². The SMILES string of the molecule is O=C(C[C@H]1Sc2ccccc2NC1=O)NC1CCC(C(=O)O)CC1. The number of anilines is 1. The number of carboxylic acids is 1. The largest absolute Gasteiger partial charge is 0.481 e. The van der Waals surface area contributed by atoms with E-state index in [0.717, 1.165) is 10.6 Å². The monoisotopic (exact) mass is 348 g/mol. The molecule has 2 amide bonds. The molecule has 1 saturated carbocycles. The van der Waals surface area contributed by atoms with Gasteiger partial charge in [0.1, 0.15) is 0 Å². The van der Waals surface area contributed by atoms with Crippen molar-refractivity contribution in [3.05, 3.63) is 24.3 Å². The van der Waals surface area contributed by atoms with Gasteiger partial charge in [-0.1, -0.05) is 12.1 Å². The number of aliphatic carboxylic acids is 1. The molecule has 0 radical (unpaired) electrons. The average Bonchev–Trinajstić information content (AvgIpc) is 2.56. The summed E-state index contributed by atoms with van der Waals surface area (Å²) in [4.78, 5) is 36.3. The maximum absolute atomic E-state index is 12.2. The molecule has 0 saturated heterocycles. The Bertz CT molecular complexity index is 656. The van der Waals surface area contributed by atoms with E-state index in [-0.39, 0.29) is 30.2 Å². The first kappa shape index (κ1) is 16.8. The zero-order chi connectivity index (χ0) is 17.1. The molecule has 1 atom stereocenters. The van der Waals surface area contributed by atoms with E-state index in [9.17, 15) is 14.4 Å². The van der Waals surface area contributed by atoms with Gasteiger partial charge >= 0.3 is 5.97 Å². The van der Waals surface area contributed by atoms with Crippen molar-refractivity contribution >= 4 is 35.2 Å². The molecule has 24 heavy (non-hydrogen) atoms. The van der Waals surface area contributed by atoms with E-state index in [1.165, 1.54) is 11.8 Å². The van der Waals surface area contributed by atoms with Crippen LogP contribution >= 0.6 is 11.8 Å². The quantitative estimate of drug-likeness (QED) is 0.776. The third-order valence-electron chi connectivity index (χ3n) is 4.52. The number of para-hydroxylation sites is 1. The first-order valence-electron chi connectivity index (χ1n) is 8.11. The Morgan fingerprint density at radius 1 is 1.21 bits per heavy atom. The number of rotatable bonds is 4. The van der Waals surface area contributed by atoms with Gasteiger partial charge in [-0.3, -0.25) is 14.4 Å². The van der Waals surface area contributed by atoms with E-state index in [1.807, 2.05) is 24.3 Å². The summed E-state index contributed by atoms with van der Waals surface area (Å²) in [6.45, 7) is 0. The number of fused-ring (bicyclic) bond motifs is 1. The van der Waals surface area contributed by atoms with Crippen LogP contribution in [-0.4, -0.2) is 34.2 Å². The Hall–Kier alpha value is -2.02. The first-order chi connectivity index (χ1) is 11.5. The van der Waals surface area contributed by atoms with Crippen molar-refractivity contribution in [2.24, 2.45) is 5.92 Å². The van der Waals surface area contributed by atoms with Crippen LogP contribution < -0.4 is 10.6 Å². The second kappa shape index (κ2) is 7.25. The minimum absolute atomic E-state index is 0.0111. The van der Waals surface area contributed by atoms with Gasteiger partial charge in [0.2, 0.25) is 11.8 Å². The van der Waals surface area contributed by atoms with Crippen LogP contribution in [-0.2, 0) is 14.4 Å². The number of hydrogen-bond donors (Lipinski definition) is 3. The summed E-state index contributed by atoms with van der Waals surface area (Å²) in [5.41, 5.74) is 0.788. The lowest BCUT2D eigenvalue weighted by atomic mass is 9.86. The van der Waals surface area contributed by atoms with Gasteiger partial charge in [-0.05, 0) is 37.8 Å². The van der Waals surface area contributed by atoms with Gasteiger partial charge in [0.05, 0.1) is 16.9 Å². The zero-order valence-corrected chi connectivity index (χ0v) is 14.0. The number of carboxylic acid groups (broad SMARTS) is 1. The maximum atomic E-state index is 12.2. The van der Waals surface area contributed by atoms with E-state index < -0.39 is 11.2 Å².